The van der Waals surface area contributed by atoms with Crippen LogP contribution in [0.5, 0.6) is 0 Å². The van der Waals surface area contributed by atoms with Crippen molar-refractivity contribution in [2.75, 3.05) is 19.6 Å². The zero-order chi connectivity index (χ0) is 16.4. The van der Waals surface area contributed by atoms with E-state index in [1.54, 1.807) is 24.3 Å². The molecule has 23 heavy (non-hydrogen) atoms. The lowest BCUT2D eigenvalue weighted by Crippen LogP contribution is -2.42. The number of aliphatic hydroxyl groups is 1. The third-order valence-corrected chi connectivity index (χ3v) is 4.06. The second kappa shape index (κ2) is 6.35. The van der Waals surface area contributed by atoms with Crippen molar-refractivity contribution < 1.29 is 9.90 Å². The van der Waals surface area contributed by atoms with Gasteiger partial charge in [0.1, 0.15) is 6.54 Å². The molecule has 4 N–H and O–H groups in total. The number of carbonyl (C=O) groups excluding carboxylic acids is 1. The molecule has 2 aromatic rings. The van der Waals surface area contributed by atoms with Crippen LogP contribution in [-0.2, 0) is 11.3 Å². The average molecular weight is 318 g/mol. The van der Waals surface area contributed by atoms with Gasteiger partial charge in [0.25, 0.3) is 5.56 Å². The summed E-state index contributed by atoms with van der Waals surface area (Å²) < 4.78 is 0.876. The van der Waals surface area contributed by atoms with Gasteiger partial charge in [-0.2, -0.15) is 0 Å². The maximum Gasteiger partial charge on any atom is 0.329 e. The zero-order valence-corrected chi connectivity index (χ0v) is 12.4. The number of benzene rings is 1. The van der Waals surface area contributed by atoms with Crippen LogP contribution in [0.1, 0.15) is 0 Å². The molecular formula is C15H18N4O4. The first-order valence-corrected chi connectivity index (χ1v) is 7.43. The number of β-amino-alcohol motifs (C(OH)–C–C–N with tert-alkyl or cyclic N) is 1. The molecule has 8 heteroatoms. The lowest BCUT2D eigenvalue weighted by molar-refractivity contribution is -0.122. The van der Waals surface area contributed by atoms with Crippen LogP contribution < -0.4 is 21.9 Å². The van der Waals surface area contributed by atoms with Crippen molar-refractivity contribution in [1.82, 2.24) is 20.2 Å². The van der Waals surface area contributed by atoms with Crippen LogP contribution in [0.4, 0.5) is 0 Å². The molecule has 3 rings (SSSR count). The van der Waals surface area contributed by atoms with Crippen molar-refractivity contribution in [3.8, 4) is 0 Å². The second-order valence-corrected chi connectivity index (χ2v) is 5.66. The Morgan fingerprint density at radius 3 is 2.83 bits per heavy atom. The quantitative estimate of drug-likeness (QED) is 0.541. The molecule has 0 spiro atoms. The Kier molecular flexibility index (Phi) is 4.26. The fourth-order valence-corrected chi connectivity index (χ4v) is 2.71. The minimum atomic E-state index is -0.619. The van der Waals surface area contributed by atoms with Gasteiger partial charge in [-0.3, -0.25) is 14.2 Å². The van der Waals surface area contributed by atoms with Gasteiger partial charge in [-0.15, -0.1) is 0 Å². The highest BCUT2D eigenvalue weighted by Crippen LogP contribution is 2.07. The van der Waals surface area contributed by atoms with E-state index >= 15 is 0 Å². The first kappa shape index (κ1) is 15.4. The van der Waals surface area contributed by atoms with Crippen molar-refractivity contribution >= 4 is 16.8 Å². The Balaban J connectivity index is 1.74. The van der Waals surface area contributed by atoms with Crippen LogP contribution in [0, 0.1) is 5.92 Å². The first-order valence-electron chi connectivity index (χ1n) is 7.43. The Morgan fingerprint density at radius 1 is 1.30 bits per heavy atom. The fourth-order valence-electron chi connectivity index (χ4n) is 2.71. The summed E-state index contributed by atoms with van der Waals surface area (Å²) in [6, 6.07) is 6.65. The number of fused-ring (bicyclic) bond motifs is 1. The van der Waals surface area contributed by atoms with Crippen LogP contribution in [0.3, 0.4) is 0 Å². The predicted molar refractivity (Wildman–Crippen MR) is 84.2 cm³/mol. The number of nitrogens with one attached hydrogen (secondary N) is 3. The standard InChI is InChI=1S/C15H18N4O4/c20-12-7-16-5-9(12)6-17-13(21)8-19-14(22)10-3-1-2-4-11(10)18-15(19)23/h1-4,9,12,16,20H,5-8H2,(H,17,21)(H,18,23). The van der Waals surface area contributed by atoms with Gasteiger partial charge < -0.3 is 20.7 Å². The van der Waals surface area contributed by atoms with Gasteiger partial charge in [0, 0.05) is 25.6 Å². The van der Waals surface area contributed by atoms with E-state index in [0.29, 0.717) is 30.5 Å². The van der Waals surface area contributed by atoms with Gasteiger partial charge in [0.2, 0.25) is 5.91 Å². The maximum atomic E-state index is 12.3. The minimum absolute atomic E-state index is 0.0643. The smallest absolute Gasteiger partial charge is 0.329 e. The van der Waals surface area contributed by atoms with E-state index in [-0.39, 0.29) is 12.5 Å². The number of carbonyl (C=O) groups is 1. The van der Waals surface area contributed by atoms with Crippen molar-refractivity contribution in [3.05, 3.63) is 45.1 Å². The maximum absolute atomic E-state index is 12.3. The Morgan fingerprint density at radius 2 is 2.09 bits per heavy atom. The number of para-hydroxylation sites is 1. The number of H-pyrrole nitrogens is 1. The zero-order valence-electron chi connectivity index (χ0n) is 12.4. The summed E-state index contributed by atoms with van der Waals surface area (Å²) in [6.07, 6.45) is -0.498. The normalized spacial score (nSPS) is 20.7. The number of rotatable bonds is 4. The molecule has 8 nitrogen and oxygen atoms in total. The number of amides is 1. The highest BCUT2D eigenvalue weighted by atomic mass is 16.3. The van der Waals surface area contributed by atoms with E-state index in [1.807, 2.05) is 0 Å². The first-order chi connectivity index (χ1) is 11.1. The molecule has 2 heterocycles. The van der Waals surface area contributed by atoms with Crippen molar-refractivity contribution in [1.29, 1.82) is 0 Å². The minimum Gasteiger partial charge on any atom is -0.391 e. The lowest BCUT2D eigenvalue weighted by atomic mass is 10.1. The summed E-state index contributed by atoms with van der Waals surface area (Å²) in [4.78, 5) is 38.9. The van der Waals surface area contributed by atoms with Crippen LogP contribution in [0.25, 0.3) is 10.9 Å². The summed E-state index contributed by atoms with van der Waals surface area (Å²) in [5.41, 5.74) is -0.673. The van der Waals surface area contributed by atoms with Gasteiger partial charge in [-0.25, -0.2) is 4.79 Å². The molecule has 0 aliphatic carbocycles. The van der Waals surface area contributed by atoms with Gasteiger partial charge in [0.15, 0.2) is 0 Å². The largest absolute Gasteiger partial charge is 0.391 e. The van der Waals surface area contributed by atoms with Gasteiger partial charge in [-0.05, 0) is 12.1 Å². The third-order valence-electron chi connectivity index (χ3n) is 4.06. The number of aromatic amines is 1. The molecule has 0 saturated carbocycles. The van der Waals surface area contributed by atoms with Crippen LogP contribution in [-0.4, -0.2) is 46.3 Å². The summed E-state index contributed by atoms with van der Waals surface area (Å²) in [6.45, 7) is 1.07. The van der Waals surface area contributed by atoms with E-state index < -0.39 is 23.3 Å². The molecule has 122 valence electrons. The Bertz CT molecular complexity index is 841. The molecule has 1 aliphatic rings. The van der Waals surface area contributed by atoms with Crippen LogP contribution >= 0.6 is 0 Å². The molecule has 0 bridgehead atoms. The Hall–Kier alpha value is -2.45. The molecule has 1 aromatic carbocycles. The molecular weight excluding hydrogens is 300 g/mol. The molecule has 1 saturated heterocycles. The fraction of sp³-hybridized carbons (Fsp3) is 0.400. The SMILES string of the molecule is O=C(Cn1c(=O)[nH]c2ccccc2c1=O)NCC1CNCC1O. The molecule has 1 amide bonds. The highest BCUT2D eigenvalue weighted by molar-refractivity contribution is 5.78. The van der Waals surface area contributed by atoms with Gasteiger partial charge >= 0.3 is 5.69 Å². The number of hydrogen-bond acceptors (Lipinski definition) is 5. The van der Waals surface area contributed by atoms with E-state index in [2.05, 4.69) is 15.6 Å². The van der Waals surface area contributed by atoms with E-state index in [9.17, 15) is 19.5 Å². The second-order valence-electron chi connectivity index (χ2n) is 5.66. The summed E-state index contributed by atoms with van der Waals surface area (Å²) in [5, 5.41) is 15.7. The monoisotopic (exact) mass is 318 g/mol. The van der Waals surface area contributed by atoms with Crippen LogP contribution in [0.2, 0.25) is 0 Å². The molecule has 2 unspecified atom stereocenters. The van der Waals surface area contributed by atoms with Crippen molar-refractivity contribution in [3.63, 3.8) is 0 Å². The summed E-state index contributed by atoms with van der Waals surface area (Å²) >= 11 is 0. The van der Waals surface area contributed by atoms with Gasteiger partial charge in [-0.1, -0.05) is 12.1 Å². The molecule has 1 aliphatic heterocycles. The van der Waals surface area contributed by atoms with Gasteiger partial charge in [0.05, 0.1) is 17.0 Å². The van der Waals surface area contributed by atoms with Crippen LogP contribution in [0.15, 0.2) is 33.9 Å². The number of aliphatic hydroxyl groups excluding tert-OH is 1. The number of aromatic nitrogens is 2. The third kappa shape index (κ3) is 3.17. The number of hydrogen-bond donors (Lipinski definition) is 4. The number of nitrogens with zero attached hydrogens (tertiary/aromatic N) is 1. The molecule has 2 atom stereocenters. The molecule has 1 aromatic heterocycles. The van der Waals surface area contributed by atoms with E-state index in [1.165, 1.54) is 0 Å². The van der Waals surface area contributed by atoms with E-state index in [0.717, 1.165) is 4.57 Å². The van der Waals surface area contributed by atoms with E-state index in [4.69, 9.17) is 0 Å². The summed E-state index contributed by atoms with van der Waals surface area (Å²) in [7, 11) is 0. The molecule has 1 fully saturated rings. The predicted octanol–water partition coefficient (Wildman–Crippen LogP) is -1.61. The highest BCUT2D eigenvalue weighted by Gasteiger charge is 2.25. The Labute approximate surface area is 131 Å². The van der Waals surface area contributed by atoms with Crippen molar-refractivity contribution in [2.45, 2.75) is 12.6 Å². The average Bonchev–Trinajstić information content (AvgIpc) is 2.94. The summed E-state index contributed by atoms with van der Waals surface area (Å²) in [5.74, 6) is -0.502. The topological polar surface area (TPSA) is 116 Å². The lowest BCUT2D eigenvalue weighted by Gasteiger charge is -2.14. The van der Waals surface area contributed by atoms with Crippen molar-refractivity contribution in [2.24, 2.45) is 5.92 Å². The molecule has 0 radical (unpaired) electrons.